The lowest BCUT2D eigenvalue weighted by molar-refractivity contribution is 0.188. The molecule has 1 fully saturated rings. The van der Waals surface area contributed by atoms with Gasteiger partial charge in [0.2, 0.25) is 0 Å². The first-order chi connectivity index (χ1) is 8.72. The minimum absolute atomic E-state index is 0. The van der Waals surface area contributed by atoms with E-state index in [0.29, 0.717) is 11.1 Å². The molecule has 0 radical (unpaired) electrons. The van der Waals surface area contributed by atoms with Crippen molar-refractivity contribution in [3.63, 3.8) is 0 Å². The quantitative estimate of drug-likeness (QED) is 0.925. The van der Waals surface area contributed by atoms with Crippen LogP contribution in [0.3, 0.4) is 0 Å². The Kier molecular flexibility index (Phi) is 6.94. The number of rotatable bonds is 4. The van der Waals surface area contributed by atoms with Gasteiger partial charge in [0.25, 0.3) is 0 Å². The minimum Gasteiger partial charge on any atom is -0.495 e. The molecule has 0 aliphatic carbocycles. The summed E-state index contributed by atoms with van der Waals surface area (Å²) in [5.74, 6) is 0.743. The van der Waals surface area contributed by atoms with Crippen molar-refractivity contribution in [1.29, 1.82) is 0 Å². The molecule has 5 heteroatoms. The molecule has 1 aromatic rings. The van der Waals surface area contributed by atoms with Gasteiger partial charge < -0.3 is 10.1 Å². The number of nitrogens with zero attached hydrogens (tertiary/aromatic N) is 1. The second-order valence-corrected chi connectivity index (χ2v) is 5.24. The van der Waals surface area contributed by atoms with Crippen LogP contribution in [0.15, 0.2) is 18.2 Å². The molecular formula is C14H22Cl2N2O. The summed E-state index contributed by atoms with van der Waals surface area (Å²) in [6.45, 7) is 3.24. The Hall–Kier alpha value is -0.480. The number of piperidine rings is 1. The molecule has 108 valence electrons. The van der Waals surface area contributed by atoms with Gasteiger partial charge in [-0.2, -0.15) is 0 Å². The van der Waals surface area contributed by atoms with Crippen molar-refractivity contribution in [2.45, 2.75) is 25.4 Å². The van der Waals surface area contributed by atoms with Crippen molar-refractivity contribution in [2.24, 2.45) is 0 Å². The first kappa shape index (κ1) is 16.6. The van der Waals surface area contributed by atoms with E-state index in [1.165, 1.54) is 24.9 Å². The molecule has 0 spiro atoms. The van der Waals surface area contributed by atoms with Gasteiger partial charge in [-0.3, -0.25) is 4.90 Å². The van der Waals surface area contributed by atoms with Gasteiger partial charge in [-0.15, -0.1) is 12.4 Å². The highest BCUT2D eigenvalue weighted by Crippen LogP contribution is 2.26. The SMILES string of the molecule is CNC1CCCN(Cc2ccc(OC)c(Cl)c2)C1.Cl. The topological polar surface area (TPSA) is 24.5 Å². The second-order valence-electron chi connectivity index (χ2n) is 4.83. The summed E-state index contributed by atoms with van der Waals surface area (Å²) >= 11 is 6.15. The third-order valence-corrected chi connectivity index (χ3v) is 3.83. The Morgan fingerprint density at radius 1 is 1.47 bits per heavy atom. The largest absolute Gasteiger partial charge is 0.495 e. The summed E-state index contributed by atoms with van der Waals surface area (Å²) in [6.07, 6.45) is 2.53. The summed E-state index contributed by atoms with van der Waals surface area (Å²) in [4.78, 5) is 2.48. The van der Waals surface area contributed by atoms with Crippen molar-refractivity contribution < 1.29 is 4.74 Å². The number of halogens is 2. The van der Waals surface area contributed by atoms with Crippen LogP contribution in [0.25, 0.3) is 0 Å². The molecule has 19 heavy (non-hydrogen) atoms. The summed E-state index contributed by atoms with van der Waals surface area (Å²) in [6, 6.07) is 6.65. The fourth-order valence-electron chi connectivity index (χ4n) is 2.50. The summed E-state index contributed by atoms with van der Waals surface area (Å²) in [5.41, 5.74) is 1.25. The molecule has 1 aromatic carbocycles. The maximum Gasteiger partial charge on any atom is 0.137 e. The molecule has 3 nitrogen and oxygen atoms in total. The standard InChI is InChI=1S/C14H21ClN2O.ClH/c1-16-12-4-3-7-17(10-12)9-11-5-6-14(18-2)13(15)8-11;/h5-6,8,12,16H,3-4,7,9-10H2,1-2H3;1H. The van der Waals surface area contributed by atoms with Crippen LogP contribution in [-0.4, -0.2) is 38.2 Å². The predicted molar refractivity (Wildman–Crippen MR) is 82.6 cm³/mol. The number of nitrogens with one attached hydrogen (secondary N) is 1. The molecule has 1 unspecified atom stereocenters. The maximum atomic E-state index is 6.15. The van der Waals surface area contributed by atoms with E-state index >= 15 is 0 Å². The van der Waals surface area contributed by atoms with E-state index in [9.17, 15) is 0 Å². The molecule has 0 amide bonds. The Balaban J connectivity index is 0.00000180. The van der Waals surface area contributed by atoms with Gasteiger partial charge in [-0.1, -0.05) is 17.7 Å². The van der Waals surface area contributed by atoms with Crippen LogP contribution in [-0.2, 0) is 6.54 Å². The van der Waals surface area contributed by atoms with Crippen molar-refractivity contribution in [3.05, 3.63) is 28.8 Å². The fourth-order valence-corrected chi connectivity index (χ4v) is 2.78. The zero-order valence-electron chi connectivity index (χ0n) is 11.5. The van der Waals surface area contributed by atoms with Gasteiger partial charge in [0, 0.05) is 19.1 Å². The molecule has 1 N–H and O–H groups in total. The van der Waals surface area contributed by atoms with Crippen LogP contribution in [0, 0.1) is 0 Å². The molecular weight excluding hydrogens is 283 g/mol. The maximum absolute atomic E-state index is 6.15. The van der Waals surface area contributed by atoms with Crippen molar-refractivity contribution in [3.8, 4) is 5.75 Å². The van der Waals surface area contributed by atoms with Gasteiger partial charge >= 0.3 is 0 Å². The van der Waals surface area contributed by atoms with Crippen LogP contribution in [0.1, 0.15) is 18.4 Å². The highest BCUT2D eigenvalue weighted by Gasteiger charge is 2.18. The van der Waals surface area contributed by atoms with Gasteiger partial charge in [0.1, 0.15) is 5.75 Å². The molecule has 1 saturated heterocycles. The average molecular weight is 305 g/mol. The third kappa shape index (κ3) is 4.53. The van der Waals surface area contributed by atoms with E-state index < -0.39 is 0 Å². The number of methoxy groups -OCH3 is 1. The fraction of sp³-hybridized carbons (Fsp3) is 0.571. The lowest BCUT2D eigenvalue weighted by atomic mass is 10.1. The number of hydrogen-bond acceptors (Lipinski definition) is 3. The molecule has 1 aliphatic rings. The number of likely N-dealkylation sites (tertiary alicyclic amines) is 1. The summed E-state index contributed by atoms with van der Waals surface area (Å²) in [5, 5.41) is 4.05. The van der Waals surface area contributed by atoms with Crippen LogP contribution in [0.2, 0.25) is 5.02 Å². The zero-order chi connectivity index (χ0) is 13.0. The smallest absolute Gasteiger partial charge is 0.137 e. The van der Waals surface area contributed by atoms with Crippen LogP contribution in [0.5, 0.6) is 5.75 Å². The zero-order valence-corrected chi connectivity index (χ0v) is 13.1. The normalized spacial score (nSPS) is 19.8. The molecule has 0 bridgehead atoms. The number of ether oxygens (including phenoxy) is 1. The molecule has 1 aliphatic heterocycles. The Bertz CT molecular complexity index is 401. The molecule has 0 aromatic heterocycles. The minimum atomic E-state index is 0. The lowest BCUT2D eigenvalue weighted by Crippen LogP contribution is -2.43. The van der Waals surface area contributed by atoms with Gasteiger partial charge in [0.15, 0.2) is 0 Å². The number of likely N-dealkylation sites (N-methyl/N-ethyl adjacent to an activating group) is 1. The van der Waals surface area contributed by atoms with Crippen LogP contribution in [0.4, 0.5) is 0 Å². The monoisotopic (exact) mass is 304 g/mol. The van der Waals surface area contributed by atoms with Crippen LogP contribution < -0.4 is 10.1 Å². The first-order valence-electron chi connectivity index (χ1n) is 6.45. The predicted octanol–water partition coefficient (Wildman–Crippen LogP) is 2.95. The van der Waals surface area contributed by atoms with Gasteiger partial charge in [-0.05, 0) is 44.1 Å². The van der Waals surface area contributed by atoms with E-state index in [4.69, 9.17) is 16.3 Å². The van der Waals surface area contributed by atoms with E-state index in [0.717, 1.165) is 18.8 Å². The second kappa shape index (κ2) is 7.95. The Morgan fingerprint density at radius 2 is 2.26 bits per heavy atom. The molecule has 0 saturated carbocycles. The summed E-state index contributed by atoms with van der Waals surface area (Å²) in [7, 11) is 3.68. The van der Waals surface area contributed by atoms with E-state index in [1.54, 1.807) is 7.11 Å². The Morgan fingerprint density at radius 3 is 2.89 bits per heavy atom. The number of hydrogen-bond donors (Lipinski definition) is 1. The van der Waals surface area contributed by atoms with E-state index in [1.807, 2.05) is 19.2 Å². The van der Waals surface area contributed by atoms with Crippen molar-refractivity contribution >= 4 is 24.0 Å². The van der Waals surface area contributed by atoms with Gasteiger partial charge in [0.05, 0.1) is 12.1 Å². The Labute approximate surface area is 126 Å². The summed E-state index contributed by atoms with van der Waals surface area (Å²) < 4.78 is 5.17. The lowest BCUT2D eigenvalue weighted by Gasteiger charge is -2.32. The third-order valence-electron chi connectivity index (χ3n) is 3.54. The number of benzene rings is 1. The van der Waals surface area contributed by atoms with E-state index in [-0.39, 0.29) is 12.4 Å². The van der Waals surface area contributed by atoms with Crippen molar-refractivity contribution in [1.82, 2.24) is 10.2 Å². The van der Waals surface area contributed by atoms with Crippen LogP contribution >= 0.6 is 24.0 Å². The van der Waals surface area contributed by atoms with Gasteiger partial charge in [-0.25, -0.2) is 0 Å². The average Bonchev–Trinajstić information content (AvgIpc) is 2.39. The molecule has 2 rings (SSSR count). The molecule has 1 heterocycles. The van der Waals surface area contributed by atoms with E-state index in [2.05, 4.69) is 16.3 Å². The molecule has 1 atom stereocenters. The first-order valence-corrected chi connectivity index (χ1v) is 6.82. The highest BCUT2D eigenvalue weighted by molar-refractivity contribution is 6.32. The van der Waals surface area contributed by atoms with Crippen molar-refractivity contribution in [2.75, 3.05) is 27.2 Å². The highest BCUT2D eigenvalue weighted by atomic mass is 35.5.